The zero-order valence-corrected chi connectivity index (χ0v) is 7.19. The monoisotopic (exact) mass is 213 g/mol. The molecule has 0 aromatic heterocycles. The van der Waals surface area contributed by atoms with Crippen molar-refractivity contribution < 1.29 is 13.2 Å². The molecule has 0 saturated carbocycles. The van der Waals surface area contributed by atoms with Crippen molar-refractivity contribution in [2.24, 2.45) is 0 Å². The van der Waals surface area contributed by atoms with Gasteiger partial charge >= 0.3 is 0 Å². The molecule has 12 heavy (non-hydrogen) atoms. The molecule has 0 aliphatic heterocycles. The normalized spacial score (nSPS) is 10.1. The van der Waals surface area contributed by atoms with E-state index in [0.717, 1.165) is 0 Å². The van der Waals surface area contributed by atoms with Gasteiger partial charge in [-0.3, -0.25) is 4.84 Å². The van der Waals surface area contributed by atoms with Crippen molar-refractivity contribution in [2.75, 3.05) is 4.84 Å². The van der Waals surface area contributed by atoms with Crippen LogP contribution in [0.15, 0.2) is 11.0 Å². The Bertz CT molecular complexity index is 292. The summed E-state index contributed by atoms with van der Waals surface area (Å²) < 4.78 is 37.8. The number of halogens is 4. The second-order valence-electron chi connectivity index (χ2n) is 1.97. The average molecular weight is 214 g/mol. The van der Waals surface area contributed by atoms with Crippen LogP contribution in [0.1, 0.15) is 0 Å². The number of hydrogen-bond donors (Lipinski definition) is 2. The molecule has 0 spiro atoms. The van der Waals surface area contributed by atoms with E-state index in [1.54, 1.807) is 4.84 Å². The van der Waals surface area contributed by atoms with Crippen LogP contribution < -0.4 is 4.84 Å². The Balaban J connectivity index is 3.42. The second kappa shape index (κ2) is 3.45. The minimum atomic E-state index is -1.31. The summed E-state index contributed by atoms with van der Waals surface area (Å²) in [5.74, 6) is -3.54. The Morgan fingerprint density at radius 1 is 1.25 bits per heavy atom. The molecule has 1 aromatic carbocycles. The van der Waals surface area contributed by atoms with E-state index in [-0.39, 0.29) is 4.90 Å². The van der Waals surface area contributed by atoms with Crippen molar-refractivity contribution in [1.82, 2.24) is 0 Å². The summed E-state index contributed by atoms with van der Waals surface area (Å²) in [6.45, 7) is 0. The first-order valence-corrected chi connectivity index (χ1v) is 3.63. The summed E-state index contributed by atoms with van der Waals surface area (Å²) in [4.78, 5) is 1.43. The predicted molar refractivity (Wildman–Crippen MR) is 43.0 cm³/mol. The highest BCUT2D eigenvalue weighted by Gasteiger charge is 2.15. The van der Waals surface area contributed by atoms with Gasteiger partial charge in [-0.25, -0.2) is 13.2 Å². The van der Waals surface area contributed by atoms with Crippen LogP contribution >= 0.6 is 24.4 Å². The summed E-state index contributed by atoms with van der Waals surface area (Å²) in [6.07, 6.45) is 0. The van der Waals surface area contributed by atoms with E-state index in [9.17, 15) is 13.2 Å². The number of benzene rings is 1. The number of rotatable bonds is 1. The molecule has 1 rings (SSSR count). The maximum absolute atomic E-state index is 12.7. The van der Waals surface area contributed by atoms with Crippen LogP contribution in [-0.4, -0.2) is 0 Å². The van der Waals surface area contributed by atoms with Gasteiger partial charge in [0.25, 0.3) is 0 Å². The van der Waals surface area contributed by atoms with Gasteiger partial charge < -0.3 is 0 Å². The standard InChI is InChI=1S/C6H3ClF3NS/c7-11-5-4(10)2(8)1-3(9)6(5)12/h1,11-12H. The molecule has 0 heterocycles. The largest absolute Gasteiger partial charge is 0.294 e. The number of nitrogens with one attached hydrogen (secondary N) is 1. The highest BCUT2D eigenvalue weighted by atomic mass is 35.5. The van der Waals surface area contributed by atoms with Crippen LogP contribution in [0.2, 0.25) is 0 Å². The first-order chi connectivity index (χ1) is 5.57. The Hall–Kier alpha value is -0.550. The molecule has 0 atom stereocenters. The fourth-order valence-corrected chi connectivity index (χ4v) is 1.13. The van der Waals surface area contributed by atoms with Crippen molar-refractivity contribution in [3.05, 3.63) is 23.5 Å². The van der Waals surface area contributed by atoms with Crippen LogP contribution in [0, 0.1) is 17.5 Å². The van der Waals surface area contributed by atoms with E-state index in [0.29, 0.717) is 6.07 Å². The molecular formula is C6H3ClF3NS. The lowest BCUT2D eigenvalue weighted by Gasteiger charge is -2.05. The summed E-state index contributed by atoms with van der Waals surface area (Å²) in [5, 5.41) is 0. The first-order valence-electron chi connectivity index (χ1n) is 2.81. The van der Waals surface area contributed by atoms with E-state index < -0.39 is 23.1 Å². The average Bonchev–Trinajstić information content (AvgIpc) is 2.02. The summed E-state index contributed by atoms with van der Waals surface area (Å²) in [6, 6.07) is 0.398. The van der Waals surface area contributed by atoms with Crippen LogP contribution in [-0.2, 0) is 0 Å². The number of thiol groups is 1. The highest BCUT2D eigenvalue weighted by Crippen LogP contribution is 2.28. The van der Waals surface area contributed by atoms with Crippen molar-refractivity contribution in [3.63, 3.8) is 0 Å². The third kappa shape index (κ3) is 1.47. The molecule has 1 aromatic rings. The third-order valence-electron chi connectivity index (χ3n) is 1.24. The number of anilines is 1. The maximum Gasteiger partial charge on any atom is 0.184 e. The van der Waals surface area contributed by atoms with Crippen molar-refractivity contribution in [3.8, 4) is 0 Å². The predicted octanol–water partition coefficient (Wildman–Crippen LogP) is 2.96. The van der Waals surface area contributed by atoms with Gasteiger partial charge in [-0.05, 0) is 0 Å². The van der Waals surface area contributed by atoms with Gasteiger partial charge in [-0.15, -0.1) is 12.6 Å². The fourth-order valence-electron chi connectivity index (χ4n) is 0.672. The molecule has 66 valence electrons. The molecule has 1 N–H and O–H groups in total. The van der Waals surface area contributed by atoms with E-state index in [4.69, 9.17) is 11.8 Å². The minimum Gasteiger partial charge on any atom is -0.294 e. The maximum atomic E-state index is 12.7. The Morgan fingerprint density at radius 2 is 1.83 bits per heavy atom. The van der Waals surface area contributed by atoms with Gasteiger partial charge in [0, 0.05) is 17.8 Å². The smallest absolute Gasteiger partial charge is 0.184 e. The highest BCUT2D eigenvalue weighted by molar-refractivity contribution is 7.80. The zero-order valence-electron chi connectivity index (χ0n) is 5.54. The van der Waals surface area contributed by atoms with E-state index in [1.165, 1.54) is 0 Å². The minimum absolute atomic E-state index is 0.357. The molecule has 0 bridgehead atoms. The van der Waals surface area contributed by atoms with Gasteiger partial charge in [0.2, 0.25) is 0 Å². The van der Waals surface area contributed by atoms with Crippen LogP contribution in [0.5, 0.6) is 0 Å². The number of hydrogen-bond acceptors (Lipinski definition) is 2. The van der Waals surface area contributed by atoms with E-state index >= 15 is 0 Å². The Kier molecular flexibility index (Phi) is 2.74. The molecule has 0 unspecified atom stereocenters. The quantitative estimate of drug-likeness (QED) is 0.415. The summed E-state index contributed by atoms with van der Waals surface area (Å²) >= 11 is 8.59. The lowest BCUT2D eigenvalue weighted by Crippen LogP contribution is -1.96. The lowest BCUT2D eigenvalue weighted by molar-refractivity contribution is 0.490. The van der Waals surface area contributed by atoms with Gasteiger partial charge in [0.1, 0.15) is 11.5 Å². The van der Waals surface area contributed by atoms with E-state index in [2.05, 4.69) is 12.6 Å². The van der Waals surface area contributed by atoms with Crippen LogP contribution in [0.3, 0.4) is 0 Å². The van der Waals surface area contributed by atoms with Crippen molar-refractivity contribution in [2.45, 2.75) is 4.90 Å². The second-order valence-corrected chi connectivity index (χ2v) is 2.61. The molecule has 0 aliphatic carbocycles. The lowest BCUT2D eigenvalue weighted by atomic mass is 10.3. The third-order valence-corrected chi connectivity index (χ3v) is 1.87. The van der Waals surface area contributed by atoms with E-state index in [1.807, 2.05) is 0 Å². The van der Waals surface area contributed by atoms with Gasteiger partial charge in [0.15, 0.2) is 11.6 Å². The molecule has 0 aliphatic rings. The summed E-state index contributed by atoms with van der Waals surface area (Å²) in [7, 11) is 0. The molecule has 0 amide bonds. The van der Waals surface area contributed by atoms with Gasteiger partial charge in [-0.2, -0.15) is 0 Å². The summed E-state index contributed by atoms with van der Waals surface area (Å²) in [5.41, 5.74) is -0.502. The molecule has 0 radical (unpaired) electrons. The molecule has 1 nitrogen and oxygen atoms in total. The topological polar surface area (TPSA) is 12.0 Å². The van der Waals surface area contributed by atoms with Gasteiger partial charge in [0.05, 0.1) is 4.90 Å². The Morgan fingerprint density at radius 3 is 2.33 bits per heavy atom. The van der Waals surface area contributed by atoms with Crippen molar-refractivity contribution >= 4 is 30.1 Å². The molecule has 0 fully saturated rings. The molecular weight excluding hydrogens is 211 g/mol. The zero-order chi connectivity index (χ0) is 9.30. The fraction of sp³-hybridized carbons (Fsp3) is 0. The first kappa shape index (κ1) is 9.54. The van der Waals surface area contributed by atoms with Gasteiger partial charge in [-0.1, -0.05) is 0 Å². The molecule has 0 saturated heterocycles. The Labute approximate surface area is 77.0 Å². The van der Waals surface area contributed by atoms with Crippen LogP contribution in [0.4, 0.5) is 18.9 Å². The SMILES string of the molecule is Fc1cc(F)c(S)c(NCl)c1F. The molecule has 6 heteroatoms. The van der Waals surface area contributed by atoms with Crippen molar-refractivity contribution in [1.29, 1.82) is 0 Å². The van der Waals surface area contributed by atoms with Crippen LogP contribution in [0.25, 0.3) is 0 Å².